The monoisotopic (exact) mass is 278 g/mol. The molecule has 110 valence electrons. The molecule has 0 aromatic heterocycles. The van der Waals surface area contributed by atoms with Crippen LogP contribution in [0.25, 0.3) is 0 Å². The molecule has 1 saturated heterocycles. The van der Waals surface area contributed by atoms with Crippen LogP contribution in [0.1, 0.15) is 49.1 Å². The molecule has 0 amide bonds. The molecular weight excluding hydrogens is 255 g/mol. The van der Waals surface area contributed by atoms with Gasteiger partial charge in [0.05, 0.1) is 13.2 Å². The molecule has 0 radical (unpaired) electrons. The largest absolute Gasteiger partial charge is 0.488 e. The van der Waals surface area contributed by atoms with E-state index in [2.05, 4.69) is 19.1 Å². The summed E-state index contributed by atoms with van der Waals surface area (Å²) in [6, 6.07) is 6.29. The van der Waals surface area contributed by atoms with E-state index < -0.39 is 6.17 Å². The molecule has 2 aliphatic rings. The van der Waals surface area contributed by atoms with Crippen LogP contribution in [0.15, 0.2) is 18.2 Å². The van der Waals surface area contributed by atoms with Crippen LogP contribution in [0, 0.1) is 6.92 Å². The average molecular weight is 278 g/mol. The Morgan fingerprint density at radius 2 is 2.15 bits per heavy atom. The van der Waals surface area contributed by atoms with Gasteiger partial charge in [0, 0.05) is 6.42 Å². The second kappa shape index (κ2) is 6.13. The first-order chi connectivity index (χ1) is 9.72. The van der Waals surface area contributed by atoms with Crippen molar-refractivity contribution in [1.29, 1.82) is 0 Å². The van der Waals surface area contributed by atoms with Gasteiger partial charge in [0.2, 0.25) is 0 Å². The lowest BCUT2D eigenvalue weighted by Crippen LogP contribution is -2.19. The number of hydrogen-bond donors (Lipinski definition) is 0. The Morgan fingerprint density at radius 3 is 2.90 bits per heavy atom. The van der Waals surface area contributed by atoms with Crippen molar-refractivity contribution < 1.29 is 13.9 Å². The molecule has 0 spiro atoms. The second-order valence-corrected chi connectivity index (χ2v) is 6.11. The SMILES string of the molecule is Cc1ccc(OC2CCOC2)c(C2CCCC(F)C2)c1. The summed E-state index contributed by atoms with van der Waals surface area (Å²) in [5.74, 6) is 1.24. The van der Waals surface area contributed by atoms with E-state index in [1.54, 1.807) is 0 Å². The number of aryl methyl sites for hydroxylation is 1. The molecule has 1 saturated carbocycles. The van der Waals surface area contributed by atoms with E-state index in [9.17, 15) is 4.39 Å². The zero-order valence-corrected chi connectivity index (χ0v) is 12.1. The molecular formula is C17H23FO2. The summed E-state index contributed by atoms with van der Waals surface area (Å²) in [5, 5.41) is 0. The molecule has 1 aliphatic heterocycles. The quantitative estimate of drug-likeness (QED) is 0.826. The lowest BCUT2D eigenvalue weighted by Gasteiger charge is -2.27. The molecule has 0 bridgehead atoms. The van der Waals surface area contributed by atoms with E-state index in [0.29, 0.717) is 18.9 Å². The zero-order chi connectivity index (χ0) is 13.9. The van der Waals surface area contributed by atoms with Crippen molar-refractivity contribution in [1.82, 2.24) is 0 Å². The summed E-state index contributed by atoms with van der Waals surface area (Å²) >= 11 is 0. The van der Waals surface area contributed by atoms with E-state index in [1.165, 1.54) is 11.1 Å². The van der Waals surface area contributed by atoms with Crippen molar-refractivity contribution in [2.24, 2.45) is 0 Å². The van der Waals surface area contributed by atoms with Crippen LogP contribution in [-0.4, -0.2) is 25.5 Å². The maximum absolute atomic E-state index is 13.7. The summed E-state index contributed by atoms with van der Waals surface area (Å²) in [6.07, 6.45) is 3.85. The number of halogens is 1. The second-order valence-electron chi connectivity index (χ2n) is 6.11. The van der Waals surface area contributed by atoms with E-state index >= 15 is 0 Å². The Bertz CT molecular complexity index is 454. The molecule has 2 fully saturated rings. The van der Waals surface area contributed by atoms with Gasteiger partial charge in [-0.1, -0.05) is 17.7 Å². The number of rotatable bonds is 3. The van der Waals surface area contributed by atoms with Crippen LogP contribution in [0.4, 0.5) is 4.39 Å². The lowest BCUT2D eigenvalue weighted by molar-refractivity contribution is 0.139. The van der Waals surface area contributed by atoms with E-state index in [1.807, 2.05) is 6.07 Å². The Balaban J connectivity index is 1.81. The van der Waals surface area contributed by atoms with Gasteiger partial charge < -0.3 is 9.47 Å². The maximum Gasteiger partial charge on any atom is 0.124 e. The van der Waals surface area contributed by atoms with Crippen LogP contribution in [-0.2, 0) is 4.74 Å². The minimum atomic E-state index is -0.656. The van der Waals surface area contributed by atoms with Gasteiger partial charge in [-0.3, -0.25) is 0 Å². The fraction of sp³-hybridized carbons (Fsp3) is 0.647. The van der Waals surface area contributed by atoms with Gasteiger partial charge in [0.25, 0.3) is 0 Å². The van der Waals surface area contributed by atoms with Crippen molar-refractivity contribution in [3.05, 3.63) is 29.3 Å². The molecule has 1 aliphatic carbocycles. The first kappa shape index (κ1) is 13.9. The van der Waals surface area contributed by atoms with Gasteiger partial charge in [-0.05, 0) is 50.2 Å². The lowest BCUT2D eigenvalue weighted by atomic mass is 9.82. The van der Waals surface area contributed by atoms with Crippen LogP contribution < -0.4 is 4.74 Å². The predicted molar refractivity (Wildman–Crippen MR) is 77.1 cm³/mol. The van der Waals surface area contributed by atoms with Crippen LogP contribution in [0.5, 0.6) is 5.75 Å². The molecule has 3 heteroatoms. The third kappa shape index (κ3) is 3.14. The molecule has 1 aromatic carbocycles. The zero-order valence-electron chi connectivity index (χ0n) is 12.1. The third-order valence-corrected chi connectivity index (χ3v) is 4.40. The standard InChI is InChI=1S/C17H23FO2/c1-12-5-6-17(20-15-7-8-19-11-15)16(9-12)13-3-2-4-14(18)10-13/h5-6,9,13-15H,2-4,7-8,10-11H2,1H3. The Hall–Kier alpha value is -1.09. The van der Waals surface area contributed by atoms with Gasteiger partial charge in [-0.2, -0.15) is 0 Å². The van der Waals surface area contributed by atoms with Crippen molar-refractivity contribution in [3.8, 4) is 5.75 Å². The minimum absolute atomic E-state index is 0.154. The number of hydrogen-bond acceptors (Lipinski definition) is 2. The smallest absolute Gasteiger partial charge is 0.124 e. The Labute approximate surface area is 120 Å². The molecule has 1 aromatic rings. The highest BCUT2D eigenvalue weighted by Crippen LogP contribution is 2.39. The van der Waals surface area contributed by atoms with E-state index in [0.717, 1.165) is 38.0 Å². The van der Waals surface area contributed by atoms with Gasteiger partial charge in [-0.15, -0.1) is 0 Å². The molecule has 2 nitrogen and oxygen atoms in total. The molecule has 3 unspecified atom stereocenters. The van der Waals surface area contributed by atoms with Crippen molar-refractivity contribution in [2.45, 2.75) is 57.2 Å². The van der Waals surface area contributed by atoms with Crippen molar-refractivity contribution >= 4 is 0 Å². The number of benzene rings is 1. The fourth-order valence-electron chi connectivity index (χ4n) is 3.29. The molecule has 1 heterocycles. The van der Waals surface area contributed by atoms with Gasteiger partial charge in [0.15, 0.2) is 0 Å². The summed E-state index contributed by atoms with van der Waals surface area (Å²) in [7, 11) is 0. The normalized spacial score (nSPS) is 30.4. The number of ether oxygens (including phenoxy) is 2. The summed E-state index contributed by atoms with van der Waals surface area (Å²) in [6.45, 7) is 3.53. The molecule has 0 N–H and O–H groups in total. The third-order valence-electron chi connectivity index (χ3n) is 4.40. The first-order valence-electron chi connectivity index (χ1n) is 7.71. The fourth-order valence-corrected chi connectivity index (χ4v) is 3.29. The van der Waals surface area contributed by atoms with Gasteiger partial charge >= 0.3 is 0 Å². The van der Waals surface area contributed by atoms with E-state index in [-0.39, 0.29) is 6.10 Å². The van der Waals surface area contributed by atoms with E-state index in [4.69, 9.17) is 9.47 Å². The highest BCUT2D eigenvalue weighted by Gasteiger charge is 2.26. The Kier molecular flexibility index (Phi) is 4.25. The number of alkyl halides is 1. The van der Waals surface area contributed by atoms with Gasteiger partial charge in [-0.25, -0.2) is 4.39 Å². The first-order valence-corrected chi connectivity index (χ1v) is 7.71. The minimum Gasteiger partial charge on any atom is -0.488 e. The predicted octanol–water partition coefficient (Wildman–Crippen LogP) is 4.16. The average Bonchev–Trinajstić information content (AvgIpc) is 2.94. The molecule has 3 atom stereocenters. The van der Waals surface area contributed by atoms with Crippen LogP contribution >= 0.6 is 0 Å². The summed E-state index contributed by atoms with van der Waals surface area (Å²) < 4.78 is 25.2. The Morgan fingerprint density at radius 1 is 1.25 bits per heavy atom. The highest BCUT2D eigenvalue weighted by atomic mass is 19.1. The van der Waals surface area contributed by atoms with Crippen molar-refractivity contribution in [3.63, 3.8) is 0 Å². The summed E-state index contributed by atoms with van der Waals surface area (Å²) in [4.78, 5) is 0. The van der Waals surface area contributed by atoms with Crippen LogP contribution in [0.3, 0.4) is 0 Å². The highest BCUT2D eigenvalue weighted by molar-refractivity contribution is 5.40. The topological polar surface area (TPSA) is 18.5 Å². The summed E-state index contributed by atoms with van der Waals surface area (Å²) in [5.41, 5.74) is 2.41. The van der Waals surface area contributed by atoms with Crippen LogP contribution in [0.2, 0.25) is 0 Å². The maximum atomic E-state index is 13.7. The van der Waals surface area contributed by atoms with Gasteiger partial charge in [0.1, 0.15) is 18.0 Å². The molecule has 3 rings (SSSR count). The molecule has 20 heavy (non-hydrogen) atoms. The van der Waals surface area contributed by atoms with Crippen molar-refractivity contribution in [2.75, 3.05) is 13.2 Å².